The number of esters is 1. The van der Waals surface area contributed by atoms with Gasteiger partial charge in [-0.2, -0.15) is 0 Å². The molecule has 0 aromatic rings. The molecule has 7 atom stereocenters. The Labute approximate surface area is 162 Å². The van der Waals surface area contributed by atoms with Gasteiger partial charge >= 0.3 is 11.9 Å². The molecule has 5 N–H and O–H groups in total. The lowest BCUT2D eigenvalue weighted by Gasteiger charge is -2.37. The van der Waals surface area contributed by atoms with Crippen LogP contribution in [0.25, 0.3) is 0 Å². The molecule has 0 radical (unpaired) electrons. The third-order valence-corrected chi connectivity index (χ3v) is 5.95. The quantitative estimate of drug-likeness (QED) is 0.244. The first-order valence-corrected chi connectivity index (χ1v) is 9.73. The highest BCUT2D eigenvalue weighted by molar-refractivity contribution is 5.84. The number of unbranched alkanes of at least 4 members (excludes halogenated alkanes) is 4. The summed E-state index contributed by atoms with van der Waals surface area (Å²) in [5.41, 5.74) is -2.45. The summed E-state index contributed by atoms with van der Waals surface area (Å²) in [4.78, 5) is 22.9. The molecule has 0 aliphatic carbocycles. The van der Waals surface area contributed by atoms with Crippen molar-refractivity contribution in [3.8, 4) is 0 Å². The fourth-order valence-electron chi connectivity index (χ4n) is 4.48. The maximum absolute atomic E-state index is 12.4. The normalized spacial score (nSPS) is 42.6. The Bertz CT molecular complexity index is 597. The third-order valence-electron chi connectivity index (χ3n) is 5.95. The second-order valence-electron chi connectivity index (χ2n) is 7.84. The summed E-state index contributed by atoms with van der Waals surface area (Å²) in [6, 6.07) is 0. The fraction of sp³-hybridized carbons (Fsp3) is 0.889. The van der Waals surface area contributed by atoms with Crippen molar-refractivity contribution >= 4 is 11.9 Å². The molecule has 0 amide bonds. The molecule has 3 aliphatic heterocycles. The summed E-state index contributed by atoms with van der Waals surface area (Å²) in [6.07, 6.45) is -0.345. The SMILES string of the molecule is O=C(O)CCCCCCCC1OC(O)CC1C1(O)C(=O)OC2C(O)COC21O. The summed E-state index contributed by atoms with van der Waals surface area (Å²) in [7, 11) is 0. The van der Waals surface area contributed by atoms with Crippen molar-refractivity contribution in [3.63, 3.8) is 0 Å². The number of aliphatic hydroxyl groups is 4. The number of carbonyl (C=O) groups excluding carboxylic acids is 1. The van der Waals surface area contributed by atoms with Crippen LogP contribution in [0.1, 0.15) is 51.4 Å². The molecule has 0 spiro atoms. The minimum atomic E-state index is -2.45. The number of carbonyl (C=O) groups is 2. The van der Waals surface area contributed by atoms with E-state index < -0.39 is 53.8 Å². The van der Waals surface area contributed by atoms with Gasteiger partial charge in [-0.15, -0.1) is 0 Å². The molecule has 28 heavy (non-hydrogen) atoms. The maximum Gasteiger partial charge on any atom is 0.345 e. The molecule has 10 nitrogen and oxygen atoms in total. The van der Waals surface area contributed by atoms with Crippen LogP contribution >= 0.6 is 0 Å². The molecule has 3 saturated heterocycles. The van der Waals surface area contributed by atoms with Crippen LogP contribution in [0, 0.1) is 5.92 Å². The number of fused-ring (bicyclic) bond motifs is 1. The van der Waals surface area contributed by atoms with E-state index >= 15 is 0 Å². The van der Waals surface area contributed by atoms with Crippen molar-refractivity contribution in [2.75, 3.05) is 6.61 Å². The van der Waals surface area contributed by atoms with Crippen LogP contribution in [0.2, 0.25) is 0 Å². The molecular formula is C18H28O10. The van der Waals surface area contributed by atoms with E-state index in [4.69, 9.17) is 19.3 Å². The van der Waals surface area contributed by atoms with E-state index in [-0.39, 0.29) is 19.4 Å². The number of ether oxygens (including phenoxy) is 3. The summed E-state index contributed by atoms with van der Waals surface area (Å²) in [6.45, 7) is -0.284. The molecule has 0 aromatic carbocycles. The zero-order valence-electron chi connectivity index (χ0n) is 15.5. The van der Waals surface area contributed by atoms with Crippen LogP contribution in [0.15, 0.2) is 0 Å². The second kappa shape index (κ2) is 8.21. The Kier molecular flexibility index (Phi) is 6.28. The minimum Gasteiger partial charge on any atom is -0.481 e. The lowest BCUT2D eigenvalue weighted by molar-refractivity contribution is -0.279. The largest absolute Gasteiger partial charge is 0.481 e. The van der Waals surface area contributed by atoms with Gasteiger partial charge in [-0.25, -0.2) is 4.79 Å². The monoisotopic (exact) mass is 404 g/mol. The average Bonchev–Trinajstić information content (AvgIpc) is 3.21. The van der Waals surface area contributed by atoms with Gasteiger partial charge in [0, 0.05) is 18.8 Å². The van der Waals surface area contributed by atoms with E-state index in [1.807, 2.05) is 0 Å². The zero-order chi connectivity index (χ0) is 20.5. The zero-order valence-corrected chi connectivity index (χ0v) is 15.5. The molecule has 0 aromatic heterocycles. The topological polar surface area (TPSA) is 163 Å². The molecule has 160 valence electrons. The highest BCUT2D eigenvalue weighted by Crippen LogP contribution is 2.51. The van der Waals surface area contributed by atoms with Crippen molar-refractivity contribution < 1.29 is 49.3 Å². The van der Waals surface area contributed by atoms with E-state index in [1.54, 1.807) is 0 Å². The third kappa shape index (κ3) is 3.64. The number of carboxylic acids is 1. The van der Waals surface area contributed by atoms with Crippen LogP contribution in [0.5, 0.6) is 0 Å². The standard InChI is InChI=1S/C18H28O10/c19-11-9-26-18(25)15(11)28-16(23)17(18,24)10-8-14(22)27-12(10)6-4-2-1-3-5-7-13(20)21/h10-12,14-15,19,22,24-25H,1-9H2,(H,20,21). The first-order chi connectivity index (χ1) is 13.2. The van der Waals surface area contributed by atoms with E-state index in [2.05, 4.69) is 0 Å². The number of aliphatic carboxylic acids is 1. The predicted molar refractivity (Wildman–Crippen MR) is 90.7 cm³/mol. The van der Waals surface area contributed by atoms with Gasteiger partial charge in [0.25, 0.3) is 0 Å². The Hall–Kier alpha value is -1.30. The fourth-order valence-corrected chi connectivity index (χ4v) is 4.48. The Morgan fingerprint density at radius 3 is 2.50 bits per heavy atom. The molecule has 3 fully saturated rings. The lowest BCUT2D eigenvalue weighted by Crippen LogP contribution is -2.63. The van der Waals surface area contributed by atoms with Gasteiger partial charge in [0.1, 0.15) is 6.10 Å². The van der Waals surface area contributed by atoms with E-state index in [0.29, 0.717) is 19.3 Å². The number of hydrogen-bond acceptors (Lipinski definition) is 9. The van der Waals surface area contributed by atoms with Crippen LogP contribution in [0.4, 0.5) is 0 Å². The van der Waals surface area contributed by atoms with Gasteiger partial charge in [-0.3, -0.25) is 4.79 Å². The first-order valence-electron chi connectivity index (χ1n) is 9.73. The van der Waals surface area contributed by atoms with Gasteiger partial charge in [0.2, 0.25) is 11.4 Å². The van der Waals surface area contributed by atoms with E-state index in [0.717, 1.165) is 19.3 Å². The molecule has 10 heteroatoms. The Morgan fingerprint density at radius 2 is 1.79 bits per heavy atom. The smallest absolute Gasteiger partial charge is 0.345 e. The molecule has 0 saturated carbocycles. The van der Waals surface area contributed by atoms with Crippen molar-refractivity contribution in [2.24, 2.45) is 5.92 Å². The van der Waals surface area contributed by atoms with E-state index in [1.165, 1.54) is 0 Å². The first kappa shape index (κ1) is 21.4. The van der Waals surface area contributed by atoms with Crippen molar-refractivity contribution in [1.29, 1.82) is 0 Å². The molecule has 3 heterocycles. The summed E-state index contributed by atoms with van der Waals surface area (Å²) in [5.74, 6) is -5.26. The number of aliphatic hydroxyl groups excluding tert-OH is 2. The van der Waals surface area contributed by atoms with Crippen LogP contribution in [-0.2, 0) is 23.8 Å². The molecule has 3 aliphatic rings. The van der Waals surface area contributed by atoms with Crippen LogP contribution in [-0.4, -0.2) is 80.1 Å². The van der Waals surface area contributed by atoms with Gasteiger partial charge in [-0.1, -0.05) is 25.7 Å². The summed E-state index contributed by atoms with van der Waals surface area (Å²) >= 11 is 0. The average molecular weight is 404 g/mol. The number of rotatable bonds is 9. The van der Waals surface area contributed by atoms with Gasteiger partial charge in [-0.05, 0) is 12.8 Å². The minimum absolute atomic E-state index is 0.0800. The van der Waals surface area contributed by atoms with E-state index in [9.17, 15) is 30.0 Å². The van der Waals surface area contributed by atoms with Gasteiger partial charge in [0.05, 0.1) is 12.7 Å². The molecular weight excluding hydrogens is 376 g/mol. The van der Waals surface area contributed by atoms with Gasteiger partial charge in [0.15, 0.2) is 12.4 Å². The van der Waals surface area contributed by atoms with Crippen molar-refractivity contribution in [3.05, 3.63) is 0 Å². The Balaban J connectivity index is 1.59. The Morgan fingerprint density at radius 1 is 1.11 bits per heavy atom. The van der Waals surface area contributed by atoms with Crippen molar-refractivity contribution in [2.45, 2.75) is 87.4 Å². The molecule has 0 bridgehead atoms. The number of carboxylic acid groups (broad SMARTS) is 1. The highest BCUT2D eigenvalue weighted by Gasteiger charge is 2.77. The van der Waals surface area contributed by atoms with Gasteiger partial charge < -0.3 is 39.7 Å². The highest BCUT2D eigenvalue weighted by atomic mass is 16.7. The molecule has 7 unspecified atom stereocenters. The van der Waals surface area contributed by atoms with Crippen molar-refractivity contribution in [1.82, 2.24) is 0 Å². The summed E-state index contributed by atoms with van der Waals surface area (Å²) in [5, 5.41) is 50.3. The lowest BCUT2D eigenvalue weighted by atomic mass is 9.75. The molecule has 3 rings (SSSR count). The second-order valence-corrected chi connectivity index (χ2v) is 7.84. The van der Waals surface area contributed by atoms with Crippen LogP contribution in [0.3, 0.4) is 0 Å². The van der Waals surface area contributed by atoms with Crippen LogP contribution < -0.4 is 0 Å². The number of hydrogen-bond donors (Lipinski definition) is 5. The maximum atomic E-state index is 12.4. The predicted octanol–water partition coefficient (Wildman–Crippen LogP) is -0.739. The summed E-state index contributed by atoms with van der Waals surface area (Å²) < 4.78 is 15.6.